The quantitative estimate of drug-likeness (QED) is 0.491. The molecule has 7 heteroatoms. The molecule has 1 atom stereocenters. The van der Waals surface area contributed by atoms with E-state index in [0.717, 1.165) is 12.8 Å². The van der Waals surface area contributed by atoms with Crippen LogP contribution in [0.4, 0.5) is 0 Å². The van der Waals surface area contributed by atoms with Crippen LogP contribution in [0.15, 0.2) is 0 Å². The topological polar surface area (TPSA) is 76.7 Å². The van der Waals surface area contributed by atoms with Gasteiger partial charge in [-0.05, 0) is 26.8 Å². The summed E-state index contributed by atoms with van der Waals surface area (Å²) >= 11 is 0. The SMILES string of the molecule is CNCC(C)S(=O)(=O)NCCCCOCCOC. The zero-order valence-electron chi connectivity index (χ0n) is 11.6. The highest BCUT2D eigenvalue weighted by Gasteiger charge is 2.18. The Morgan fingerprint density at radius 3 is 2.50 bits per heavy atom. The molecule has 1 unspecified atom stereocenters. The van der Waals surface area contributed by atoms with Gasteiger partial charge in [0.25, 0.3) is 0 Å². The van der Waals surface area contributed by atoms with Crippen molar-refractivity contribution in [3.8, 4) is 0 Å². The lowest BCUT2D eigenvalue weighted by atomic mass is 10.3. The van der Waals surface area contributed by atoms with Gasteiger partial charge in [-0.25, -0.2) is 13.1 Å². The highest BCUT2D eigenvalue weighted by atomic mass is 32.2. The van der Waals surface area contributed by atoms with E-state index in [-0.39, 0.29) is 0 Å². The van der Waals surface area contributed by atoms with E-state index in [4.69, 9.17) is 9.47 Å². The Labute approximate surface area is 110 Å². The number of rotatable bonds is 12. The van der Waals surface area contributed by atoms with Gasteiger partial charge in [0.05, 0.1) is 18.5 Å². The normalized spacial score (nSPS) is 13.7. The predicted molar refractivity (Wildman–Crippen MR) is 72.2 cm³/mol. The van der Waals surface area contributed by atoms with Gasteiger partial charge in [0.2, 0.25) is 10.0 Å². The van der Waals surface area contributed by atoms with Crippen LogP contribution >= 0.6 is 0 Å². The van der Waals surface area contributed by atoms with Gasteiger partial charge >= 0.3 is 0 Å². The maximum Gasteiger partial charge on any atom is 0.215 e. The van der Waals surface area contributed by atoms with Crippen LogP contribution in [0.5, 0.6) is 0 Å². The van der Waals surface area contributed by atoms with Gasteiger partial charge in [0.15, 0.2) is 0 Å². The van der Waals surface area contributed by atoms with Crippen molar-refractivity contribution in [1.82, 2.24) is 10.0 Å². The van der Waals surface area contributed by atoms with Gasteiger partial charge in [-0.2, -0.15) is 0 Å². The van der Waals surface area contributed by atoms with Crippen LogP contribution in [0.1, 0.15) is 19.8 Å². The molecule has 0 saturated carbocycles. The van der Waals surface area contributed by atoms with Crippen LogP contribution < -0.4 is 10.0 Å². The molecule has 0 aliphatic carbocycles. The van der Waals surface area contributed by atoms with Crippen molar-refractivity contribution in [3.63, 3.8) is 0 Å². The first-order valence-electron chi connectivity index (χ1n) is 6.24. The Bertz CT molecular complexity index is 283. The van der Waals surface area contributed by atoms with Crippen LogP contribution in [0.3, 0.4) is 0 Å². The van der Waals surface area contributed by atoms with E-state index in [9.17, 15) is 8.42 Å². The molecular formula is C11H26N2O4S. The van der Waals surface area contributed by atoms with Gasteiger partial charge in [0, 0.05) is 26.8 Å². The first kappa shape index (κ1) is 17.8. The molecule has 0 heterocycles. The van der Waals surface area contributed by atoms with E-state index in [1.165, 1.54) is 0 Å². The number of hydrogen-bond acceptors (Lipinski definition) is 5. The standard InChI is InChI=1S/C11H26N2O4S/c1-11(10-12-2)18(14,15)13-6-4-5-7-17-9-8-16-3/h11-13H,4-10H2,1-3H3. The summed E-state index contributed by atoms with van der Waals surface area (Å²) in [5, 5.41) is 2.44. The second-order valence-electron chi connectivity index (χ2n) is 4.12. The third kappa shape index (κ3) is 8.82. The molecule has 0 amide bonds. The van der Waals surface area contributed by atoms with Crippen molar-refractivity contribution in [2.75, 3.05) is 47.1 Å². The lowest BCUT2D eigenvalue weighted by Crippen LogP contribution is -2.38. The molecule has 0 aromatic carbocycles. The number of nitrogens with one attached hydrogen (secondary N) is 2. The second kappa shape index (κ2) is 10.7. The summed E-state index contributed by atoms with van der Waals surface area (Å²) in [6.45, 7) is 4.42. The number of hydrogen-bond donors (Lipinski definition) is 2. The Kier molecular flexibility index (Phi) is 10.6. The zero-order valence-corrected chi connectivity index (χ0v) is 12.4. The van der Waals surface area contributed by atoms with E-state index in [1.54, 1.807) is 21.1 Å². The van der Waals surface area contributed by atoms with E-state index >= 15 is 0 Å². The molecule has 18 heavy (non-hydrogen) atoms. The van der Waals surface area contributed by atoms with Crippen LogP contribution in [0.2, 0.25) is 0 Å². The van der Waals surface area contributed by atoms with Crippen LogP contribution in [-0.4, -0.2) is 60.7 Å². The van der Waals surface area contributed by atoms with Gasteiger partial charge in [-0.3, -0.25) is 0 Å². The van der Waals surface area contributed by atoms with Crippen LogP contribution in [-0.2, 0) is 19.5 Å². The molecular weight excluding hydrogens is 256 g/mol. The Balaban J connectivity index is 3.53. The molecule has 0 rings (SSSR count). The zero-order chi connectivity index (χ0) is 13.9. The van der Waals surface area contributed by atoms with E-state index in [1.807, 2.05) is 0 Å². The highest BCUT2D eigenvalue weighted by molar-refractivity contribution is 7.90. The third-order valence-corrected chi connectivity index (χ3v) is 4.30. The molecule has 0 radical (unpaired) electrons. The van der Waals surface area contributed by atoms with Crippen molar-refractivity contribution in [1.29, 1.82) is 0 Å². The van der Waals surface area contributed by atoms with E-state index in [2.05, 4.69) is 10.0 Å². The average Bonchev–Trinajstić information content (AvgIpc) is 2.33. The minimum atomic E-state index is -3.20. The minimum Gasteiger partial charge on any atom is -0.382 e. The Morgan fingerprint density at radius 1 is 1.17 bits per heavy atom. The summed E-state index contributed by atoms with van der Waals surface area (Å²) in [6.07, 6.45) is 1.62. The molecule has 0 aliphatic heterocycles. The van der Waals surface area contributed by atoms with E-state index in [0.29, 0.717) is 32.9 Å². The molecule has 110 valence electrons. The molecule has 2 N–H and O–H groups in total. The van der Waals surface area contributed by atoms with E-state index < -0.39 is 15.3 Å². The summed E-state index contributed by atoms with van der Waals surface area (Å²) in [4.78, 5) is 0. The Hall–Kier alpha value is -0.210. The summed E-state index contributed by atoms with van der Waals surface area (Å²) < 4.78 is 36.1. The largest absolute Gasteiger partial charge is 0.382 e. The van der Waals surface area contributed by atoms with Gasteiger partial charge in [-0.15, -0.1) is 0 Å². The summed E-state index contributed by atoms with van der Waals surface area (Å²) in [6, 6.07) is 0. The molecule has 0 spiro atoms. The van der Waals surface area contributed by atoms with Crippen molar-refractivity contribution in [2.24, 2.45) is 0 Å². The van der Waals surface area contributed by atoms with Crippen LogP contribution in [0, 0.1) is 0 Å². The molecule has 0 aliphatic rings. The summed E-state index contributed by atoms with van der Waals surface area (Å²) in [5.74, 6) is 0. The third-order valence-electron chi connectivity index (χ3n) is 2.47. The van der Waals surface area contributed by atoms with Gasteiger partial charge in [0.1, 0.15) is 0 Å². The summed E-state index contributed by atoms with van der Waals surface area (Å²) in [5.41, 5.74) is 0. The lowest BCUT2D eigenvalue weighted by molar-refractivity contribution is 0.0689. The van der Waals surface area contributed by atoms with Crippen molar-refractivity contribution in [2.45, 2.75) is 25.0 Å². The van der Waals surface area contributed by atoms with Gasteiger partial charge < -0.3 is 14.8 Å². The minimum absolute atomic E-state index is 0.416. The van der Waals surface area contributed by atoms with Crippen molar-refractivity contribution >= 4 is 10.0 Å². The second-order valence-corrected chi connectivity index (χ2v) is 6.30. The van der Waals surface area contributed by atoms with Crippen LogP contribution in [0.25, 0.3) is 0 Å². The number of sulfonamides is 1. The first-order valence-corrected chi connectivity index (χ1v) is 7.79. The fourth-order valence-corrected chi connectivity index (χ4v) is 2.43. The fourth-order valence-electron chi connectivity index (χ4n) is 1.33. The van der Waals surface area contributed by atoms with Crippen molar-refractivity contribution < 1.29 is 17.9 Å². The fraction of sp³-hybridized carbons (Fsp3) is 1.00. The molecule has 0 aromatic rings. The first-order chi connectivity index (χ1) is 8.54. The smallest absolute Gasteiger partial charge is 0.215 e. The number of methoxy groups -OCH3 is 1. The average molecular weight is 282 g/mol. The lowest BCUT2D eigenvalue weighted by Gasteiger charge is -2.13. The summed E-state index contributed by atoms with van der Waals surface area (Å²) in [7, 11) is 0.172. The predicted octanol–water partition coefficient (Wildman–Crippen LogP) is -0.0431. The number of ether oxygens (including phenoxy) is 2. The molecule has 0 saturated heterocycles. The monoisotopic (exact) mass is 282 g/mol. The molecule has 0 fully saturated rings. The molecule has 6 nitrogen and oxygen atoms in total. The number of unbranched alkanes of at least 4 members (excludes halogenated alkanes) is 1. The molecule has 0 bridgehead atoms. The Morgan fingerprint density at radius 2 is 1.89 bits per heavy atom. The maximum atomic E-state index is 11.7. The van der Waals surface area contributed by atoms with Crippen molar-refractivity contribution in [3.05, 3.63) is 0 Å². The highest BCUT2D eigenvalue weighted by Crippen LogP contribution is 1.97. The maximum absolute atomic E-state index is 11.7. The van der Waals surface area contributed by atoms with Gasteiger partial charge in [-0.1, -0.05) is 0 Å². The molecule has 0 aromatic heterocycles.